The molecule has 1 atom stereocenters. The summed E-state index contributed by atoms with van der Waals surface area (Å²) in [5.41, 5.74) is 4.34. The molecule has 0 saturated carbocycles. The van der Waals surface area contributed by atoms with Gasteiger partial charge < -0.3 is 19.4 Å². The average Bonchev–Trinajstić information content (AvgIpc) is 2.81. The number of pyridine rings is 1. The third kappa shape index (κ3) is 3.67. The lowest BCUT2D eigenvalue weighted by molar-refractivity contribution is -0.132. The number of benzene rings is 2. The predicted octanol–water partition coefficient (Wildman–Crippen LogP) is 3.99. The third-order valence-corrected chi connectivity index (χ3v) is 6.14. The molecule has 2 heterocycles. The summed E-state index contributed by atoms with van der Waals surface area (Å²) in [5, 5.41) is 0.963. The van der Waals surface area contributed by atoms with Crippen LogP contribution in [0.3, 0.4) is 0 Å². The second-order valence-electron chi connectivity index (χ2n) is 7.83. The fourth-order valence-corrected chi connectivity index (χ4v) is 4.45. The van der Waals surface area contributed by atoms with E-state index in [2.05, 4.69) is 18.0 Å². The Bertz CT molecular complexity index is 1200. The highest BCUT2D eigenvalue weighted by Crippen LogP contribution is 2.40. The molecule has 0 bridgehead atoms. The zero-order chi connectivity index (χ0) is 22.1. The third-order valence-electron chi connectivity index (χ3n) is 6.14. The molecule has 0 fully saturated rings. The Morgan fingerprint density at radius 1 is 1.06 bits per heavy atom. The number of nitrogens with zero attached hydrogens (tertiary/aromatic N) is 1. The maximum absolute atomic E-state index is 13.2. The molecule has 3 aromatic rings. The molecular weight excluding hydrogens is 392 g/mol. The van der Waals surface area contributed by atoms with Gasteiger partial charge in [0.15, 0.2) is 11.5 Å². The van der Waals surface area contributed by atoms with Crippen LogP contribution in [-0.2, 0) is 17.6 Å². The molecule has 162 valence electrons. The van der Waals surface area contributed by atoms with Gasteiger partial charge in [-0.3, -0.25) is 9.59 Å². The molecule has 2 aromatic carbocycles. The summed E-state index contributed by atoms with van der Waals surface area (Å²) >= 11 is 0. The number of methoxy groups -OCH3 is 2. The van der Waals surface area contributed by atoms with E-state index >= 15 is 0 Å². The Hall–Kier alpha value is -3.28. The number of H-pyrrole nitrogens is 1. The van der Waals surface area contributed by atoms with E-state index in [-0.39, 0.29) is 11.5 Å². The minimum Gasteiger partial charge on any atom is -0.493 e. The second-order valence-corrected chi connectivity index (χ2v) is 7.83. The number of amides is 1. The number of ether oxygens (including phenoxy) is 2. The summed E-state index contributed by atoms with van der Waals surface area (Å²) in [7, 11) is 3.20. The summed E-state index contributed by atoms with van der Waals surface area (Å²) in [4.78, 5) is 30.9. The van der Waals surface area contributed by atoms with E-state index in [1.807, 2.05) is 42.2 Å². The monoisotopic (exact) mass is 420 g/mol. The first-order valence-electron chi connectivity index (χ1n) is 10.7. The van der Waals surface area contributed by atoms with Gasteiger partial charge in [-0.2, -0.15) is 0 Å². The van der Waals surface area contributed by atoms with E-state index in [0.29, 0.717) is 36.4 Å². The maximum Gasteiger partial charge on any atom is 0.254 e. The van der Waals surface area contributed by atoms with E-state index in [0.717, 1.165) is 28.5 Å². The molecule has 0 radical (unpaired) electrons. The zero-order valence-electron chi connectivity index (χ0n) is 18.5. The highest BCUT2D eigenvalue weighted by atomic mass is 16.5. The van der Waals surface area contributed by atoms with Crippen molar-refractivity contribution < 1.29 is 14.3 Å². The smallest absolute Gasteiger partial charge is 0.254 e. The molecule has 0 spiro atoms. The average molecular weight is 421 g/mol. The minimum absolute atomic E-state index is 0.0206. The Kier molecular flexibility index (Phi) is 5.72. The van der Waals surface area contributed by atoms with Crippen LogP contribution in [0.1, 0.15) is 48.6 Å². The second kappa shape index (κ2) is 8.46. The Morgan fingerprint density at radius 2 is 1.81 bits per heavy atom. The van der Waals surface area contributed by atoms with E-state index in [1.54, 1.807) is 14.2 Å². The molecular formula is C25H28N2O4. The molecule has 31 heavy (non-hydrogen) atoms. The molecule has 0 unspecified atom stereocenters. The number of hydrogen-bond donors (Lipinski definition) is 1. The number of aryl methyl sites for hydroxylation is 1. The molecule has 1 amide bonds. The van der Waals surface area contributed by atoms with E-state index < -0.39 is 6.04 Å². The van der Waals surface area contributed by atoms with Gasteiger partial charge in [0.05, 0.1) is 20.3 Å². The number of aromatic amines is 1. The van der Waals surface area contributed by atoms with Crippen LogP contribution in [0.5, 0.6) is 11.5 Å². The summed E-state index contributed by atoms with van der Waals surface area (Å²) in [6.07, 6.45) is 1.99. The number of rotatable bonds is 5. The van der Waals surface area contributed by atoms with Gasteiger partial charge >= 0.3 is 0 Å². The SMILES string of the molecule is CCC(=O)N1CCc2cc(OC)c(OC)cc2[C@H]1c1cc2cc(CC)ccc2[nH]c1=O. The first kappa shape index (κ1) is 21.0. The minimum atomic E-state index is -0.477. The molecule has 0 aliphatic carbocycles. The van der Waals surface area contributed by atoms with Gasteiger partial charge in [0.1, 0.15) is 0 Å². The van der Waals surface area contributed by atoms with Crippen molar-refractivity contribution in [2.75, 3.05) is 20.8 Å². The number of fused-ring (bicyclic) bond motifs is 2. The molecule has 1 aromatic heterocycles. The number of nitrogens with one attached hydrogen (secondary N) is 1. The van der Waals surface area contributed by atoms with E-state index in [9.17, 15) is 9.59 Å². The first-order valence-corrected chi connectivity index (χ1v) is 10.7. The predicted molar refractivity (Wildman–Crippen MR) is 121 cm³/mol. The Labute approximate surface area is 181 Å². The van der Waals surface area contributed by atoms with Gasteiger partial charge in [-0.1, -0.05) is 19.9 Å². The van der Waals surface area contributed by atoms with Crippen molar-refractivity contribution in [3.63, 3.8) is 0 Å². The quantitative estimate of drug-likeness (QED) is 0.677. The van der Waals surface area contributed by atoms with Crippen LogP contribution >= 0.6 is 0 Å². The largest absolute Gasteiger partial charge is 0.493 e. The van der Waals surface area contributed by atoms with Crippen molar-refractivity contribution in [3.05, 3.63) is 69.0 Å². The summed E-state index contributed by atoms with van der Waals surface area (Å²) in [6.45, 7) is 4.50. The highest BCUT2D eigenvalue weighted by molar-refractivity contribution is 5.81. The number of carbonyl (C=O) groups excluding carboxylic acids is 1. The number of carbonyl (C=O) groups is 1. The van der Waals surface area contributed by atoms with Crippen LogP contribution in [-0.4, -0.2) is 36.6 Å². The summed E-state index contributed by atoms with van der Waals surface area (Å²) in [5.74, 6) is 1.25. The van der Waals surface area contributed by atoms with E-state index in [4.69, 9.17) is 9.47 Å². The molecule has 6 nitrogen and oxygen atoms in total. The normalized spacial score (nSPS) is 15.6. The lowest BCUT2D eigenvalue weighted by Crippen LogP contribution is -2.42. The fraction of sp³-hybridized carbons (Fsp3) is 0.360. The Morgan fingerprint density at radius 3 is 2.48 bits per heavy atom. The highest BCUT2D eigenvalue weighted by Gasteiger charge is 2.34. The lowest BCUT2D eigenvalue weighted by atomic mass is 9.87. The molecule has 4 rings (SSSR count). The van der Waals surface area contributed by atoms with E-state index in [1.165, 1.54) is 5.56 Å². The molecule has 0 saturated heterocycles. The van der Waals surface area contributed by atoms with Crippen molar-refractivity contribution in [3.8, 4) is 11.5 Å². The van der Waals surface area contributed by atoms with Gasteiger partial charge in [0.25, 0.3) is 5.56 Å². The van der Waals surface area contributed by atoms with Crippen molar-refractivity contribution in [2.24, 2.45) is 0 Å². The van der Waals surface area contributed by atoms with Crippen LogP contribution in [0, 0.1) is 0 Å². The van der Waals surface area contributed by atoms with Crippen LogP contribution in [0.2, 0.25) is 0 Å². The van der Waals surface area contributed by atoms with Gasteiger partial charge in [0, 0.05) is 24.0 Å². The van der Waals surface area contributed by atoms with Gasteiger partial charge in [-0.25, -0.2) is 0 Å². The molecule has 6 heteroatoms. The van der Waals surface area contributed by atoms with Crippen LogP contribution in [0.25, 0.3) is 10.9 Å². The van der Waals surface area contributed by atoms with Crippen molar-refractivity contribution in [1.29, 1.82) is 0 Å². The van der Waals surface area contributed by atoms with Gasteiger partial charge in [-0.05, 0) is 65.3 Å². The van der Waals surface area contributed by atoms with Gasteiger partial charge in [0.2, 0.25) is 5.91 Å². The first-order chi connectivity index (χ1) is 15.0. The Balaban J connectivity index is 1.96. The zero-order valence-corrected chi connectivity index (χ0v) is 18.5. The maximum atomic E-state index is 13.2. The summed E-state index contributed by atoms with van der Waals surface area (Å²) < 4.78 is 11.0. The topological polar surface area (TPSA) is 71.6 Å². The van der Waals surface area contributed by atoms with Gasteiger partial charge in [-0.15, -0.1) is 0 Å². The van der Waals surface area contributed by atoms with Crippen molar-refractivity contribution in [2.45, 2.75) is 39.2 Å². The fourth-order valence-electron chi connectivity index (χ4n) is 4.45. The standard InChI is InChI=1S/C25H28N2O4/c1-5-15-7-8-20-17(11-15)12-19(25(29)26-20)24-18-14-22(31-4)21(30-3)13-16(18)9-10-27(24)23(28)6-2/h7-8,11-14,24H,5-6,9-10H2,1-4H3,(H,26,29)/t24-/m0/s1. The van der Waals surface area contributed by atoms with Crippen LogP contribution in [0.15, 0.2) is 41.2 Å². The molecule has 1 N–H and O–H groups in total. The lowest BCUT2D eigenvalue weighted by Gasteiger charge is -2.37. The number of hydrogen-bond acceptors (Lipinski definition) is 4. The summed E-state index contributed by atoms with van der Waals surface area (Å²) in [6, 6.07) is 11.4. The molecule has 1 aliphatic heterocycles. The van der Waals surface area contributed by atoms with Crippen LogP contribution < -0.4 is 15.0 Å². The van der Waals surface area contributed by atoms with Crippen LogP contribution in [0.4, 0.5) is 0 Å². The number of aromatic nitrogens is 1. The van der Waals surface area contributed by atoms with Crippen molar-refractivity contribution in [1.82, 2.24) is 9.88 Å². The molecule has 1 aliphatic rings. The van der Waals surface area contributed by atoms with Crippen molar-refractivity contribution >= 4 is 16.8 Å².